The van der Waals surface area contributed by atoms with Crippen LogP contribution in [-0.4, -0.2) is 14.6 Å². The van der Waals surface area contributed by atoms with Crippen LogP contribution in [0.5, 0.6) is 0 Å². The van der Waals surface area contributed by atoms with Crippen molar-refractivity contribution in [2.75, 3.05) is 0 Å². The molecule has 3 heteroatoms. The molecule has 1 heterocycles. The summed E-state index contributed by atoms with van der Waals surface area (Å²) in [5, 5.41) is 4.58. The van der Waals surface area contributed by atoms with Crippen molar-refractivity contribution in [3.05, 3.63) is 17.5 Å². The Kier molecular flexibility index (Phi) is 5.53. The number of hydrogen-bond donors (Lipinski definition) is 0. The second-order valence-corrected chi connectivity index (χ2v) is 6.19. The molecule has 0 aromatic carbocycles. The van der Waals surface area contributed by atoms with Gasteiger partial charge in [-0.25, -0.2) is 0 Å². The van der Waals surface area contributed by atoms with Crippen molar-refractivity contribution >= 4 is 15.9 Å². The van der Waals surface area contributed by atoms with Crippen LogP contribution in [0.15, 0.2) is 6.07 Å². The van der Waals surface area contributed by atoms with E-state index in [2.05, 4.69) is 59.5 Å². The number of nitrogens with zero attached hydrogens (tertiary/aromatic N) is 2. The number of rotatable bonds is 6. The minimum absolute atomic E-state index is 0.603. The predicted octanol–water partition coefficient (Wildman–Crippen LogP) is 3.82. The molecule has 0 saturated heterocycles. The molecule has 1 aromatic rings. The number of hydrogen-bond acceptors (Lipinski definition) is 1. The Morgan fingerprint density at radius 2 is 2.06 bits per heavy atom. The van der Waals surface area contributed by atoms with Gasteiger partial charge in [-0.15, -0.1) is 0 Å². The number of halogens is 1. The van der Waals surface area contributed by atoms with Crippen LogP contribution < -0.4 is 0 Å². The smallest absolute Gasteiger partial charge is 0.0624 e. The maximum atomic E-state index is 4.58. The fourth-order valence-corrected chi connectivity index (χ4v) is 2.76. The van der Waals surface area contributed by atoms with Gasteiger partial charge in [-0.1, -0.05) is 36.7 Å². The molecule has 16 heavy (non-hydrogen) atoms. The topological polar surface area (TPSA) is 17.8 Å². The highest BCUT2D eigenvalue weighted by atomic mass is 79.9. The molecule has 0 fully saturated rings. The molecule has 0 radical (unpaired) electrons. The van der Waals surface area contributed by atoms with Crippen LogP contribution in [0, 0.1) is 5.92 Å². The van der Waals surface area contributed by atoms with Crippen molar-refractivity contribution in [2.24, 2.45) is 5.92 Å². The number of aryl methyl sites for hydroxylation is 2. The highest BCUT2D eigenvalue weighted by molar-refractivity contribution is 9.09. The molecule has 0 aliphatic heterocycles. The average molecular weight is 287 g/mol. The zero-order chi connectivity index (χ0) is 12.1. The average Bonchev–Trinajstić information content (AvgIpc) is 2.59. The zero-order valence-corrected chi connectivity index (χ0v) is 12.4. The van der Waals surface area contributed by atoms with Crippen LogP contribution in [0.25, 0.3) is 0 Å². The molecule has 1 aromatic heterocycles. The van der Waals surface area contributed by atoms with Crippen LogP contribution in [0.4, 0.5) is 0 Å². The van der Waals surface area contributed by atoms with Crippen molar-refractivity contribution in [1.82, 2.24) is 9.78 Å². The zero-order valence-electron chi connectivity index (χ0n) is 10.8. The predicted molar refractivity (Wildman–Crippen MR) is 73.2 cm³/mol. The molecule has 0 saturated carbocycles. The van der Waals surface area contributed by atoms with Crippen LogP contribution in [0.1, 0.15) is 45.5 Å². The first-order chi connectivity index (χ1) is 7.56. The fraction of sp³-hybridized carbons (Fsp3) is 0.769. The van der Waals surface area contributed by atoms with Gasteiger partial charge in [0.15, 0.2) is 0 Å². The molecule has 0 aliphatic carbocycles. The van der Waals surface area contributed by atoms with E-state index in [-0.39, 0.29) is 0 Å². The Labute approximate surface area is 108 Å². The van der Waals surface area contributed by atoms with Gasteiger partial charge in [0.1, 0.15) is 0 Å². The standard InChI is InChI=1S/C13H23BrN2/c1-5-12-9-13(16(6-2)15-12)8-10(3)7-11(4)14/h9-11H,5-8H2,1-4H3. The quantitative estimate of drug-likeness (QED) is 0.727. The second-order valence-electron chi connectivity index (χ2n) is 4.62. The molecule has 0 amide bonds. The first kappa shape index (κ1) is 13.8. The van der Waals surface area contributed by atoms with Crippen molar-refractivity contribution in [2.45, 2.75) is 58.3 Å². The van der Waals surface area contributed by atoms with Crippen molar-refractivity contribution in [1.29, 1.82) is 0 Å². The van der Waals surface area contributed by atoms with Crippen LogP contribution in [-0.2, 0) is 19.4 Å². The fourth-order valence-electron chi connectivity index (χ4n) is 2.12. The van der Waals surface area contributed by atoms with Gasteiger partial charge in [0.2, 0.25) is 0 Å². The van der Waals surface area contributed by atoms with Gasteiger partial charge in [-0.05, 0) is 38.2 Å². The first-order valence-electron chi connectivity index (χ1n) is 6.26. The summed E-state index contributed by atoms with van der Waals surface area (Å²) in [6.07, 6.45) is 3.39. The van der Waals surface area contributed by atoms with Gasteiger partial charge in [-0.2, -0.15) is 5.10 Å². The Bertz CT molecular complexity index is 318. The van der Waals surface area contributed by atoms with E-state index < -0.39 is 0 Å². The van der Waals surface area contributed by atoms with E-state index in [1.165, 1.54) is 17.8 Å². The Morgan fingerprint density at radius 3 is 2.56 bits per heavy atom. The Hall–Kier alpha value is -0.310. The number of alkyl halides is 1. The maximum absolute atomic E-state index is 4.58. The van der Waals surface area contributed by atoms with E-state index in [1.807, 2.05) is 0 Å². The number of aromatic nitrogens is 2. The molecule has 0 spiro atoms. The largest absolute Gasteiger partial charge is 0.270 e. The van der Waals surface area contributed by atoms with E-state index in [1.54, 1.807) is 0 Å². The molecule has 2 atom stereocenters. The highest BCUT2D eigenvalue weighted by Crippen LogP contribution is 2.18. The lowest BCUT2D eigenvalue weighted by atomic mass is 10.00. The van der Waals surface area contributed by atoms with Crippen molar-refractivity contribution < 1.29 is 0 Å². The van der Waals surface area contributed by atoms with Crippen LogP contribution in [0.2, 0.25) is 0 Å². The monoisotopic (exact) mass is 286 g/mol. The maximum Gasteiger partial charge on any atom is 0.0624 e. The molecule has 0 aliphatic rings. The summed E-state index contributed by atoms with van der Waals surface area (Å²) in [5.74, 6) is 0.709. The Morgan fingerprint density at radius 1 is 1.38 bits per heavy atom. The molecule has 0 bridgehead atoms. The van der Waals surface area contributed by atoms with Gasteiger partial charge in [-0.3, -0.25) is 4.68 Å². The molecular formula is C13H23BrN2. The van der Waals surface area contributed by atoms with Crippen LogP contribution >= 0.6 is 15.9 Å². The third-order valence-corrected chi connectivity index (χ3v) is 3.23. The van der Waals surface area contributed by atoms with Crippen LogP contribution in [0.3, 0.4) is 0 Å². The molecule has 2 unspecified atom stereocenters. The lowest BCUT2D eigenvalue weighted by Crippen LogP contribution is -2.10. The van der Waals surface area contributed by atoms with Gasteiger partial charge in [0, 0.05) is 17.1 Å². The van der Waals surface area contributed by atoms with E-state index in [9.17, 15) is 0 Å². The summed E-state index contributed by atoms with van der Waals surface area (Å²) >= 11 is 3.62. The minimum atomic E-state index is 0.603. The van der Waals surface area contributed by atoms with Gasteiger partial charge < -0.3 is 0 Å². The molecule has 92 valence electrons. The molecular weight excluding hydrogens is 264 g/mol. The summed E-state index contributed by atoms with van der Waals surface area (Å²) in [6, 6.07) is 2.26. The normalized spacial score (nSPS) is 15.1. The van der Waals surface area contributed by atoms with E-state index in [0.717, 1.165) is 19.4 Å². The SMILES string of the molecule is CCc1cc(CC(C)CC(C)Br)n(CC)n1. The first-order valence-corrected chi connectivity index (χ1v) is 7.18. The summed E-state index contributed by atoms with van der Waals surface area (Å²) in [5.41, 5.74) is 2.61. The minimum Gasteiger partial charge on any atom is -0.270 e. The van der Waals surface area contributed by atoms with Crippen molar-refractivity contribution in [3.63, 3.8) is 0 Å². The molecule has 2 nitrogen and oxygen atoms in total. The van der Waals surface area contributed by atoms with Crippen molar-refractivity contribution in [3.8, 4) is 0 Å². The lowest BCUT2D eigenvalue weighted by molar-refractivity contribution is 0.499. The highest BCUT2D eigenvalue weighted by Gasteiger charge is 2.11. The summed E-state index contributed by atoms with van der Waals surface area (Å²) in [4.78, 5) is 0.603. The Balaban J connectivity index is 2.67. The van der Waals surface area contributed by atoms with E-state index in [0.29, 0.717) is 10.7 Å². The van der Waals surface area contributed by atoms with Gasteiger partial charge in [0.05, 0.1) is 5.69 Å². The third-order valence-electron chi connectivity index (χ3n) is 2.86. The lowest BCUT2D eigenvalue weighted by Gasteiger charge is -2.13. The second kappa shape index (κ2) is 6.43. The van der Waals surface area contributed by atoms with Gasteiger partial charge >= 0.3 is 0 Å². The van der Waals surface area contributed by atoms with Gasteiger partial charge in [0.25, 0.3) is 0 Å². The third kappa shape index (κ3) is 3.93. The molecule has 0 N–H and O–H groups in total. The summed E-state index contributed by atoms with van der Waals surface area (Å²) in [6.45, 7) is 9.83. The molecule has 1 rings (SSSR count). The summed E-state index contributed by atoms with van der Waals surface area (Å²) < 4.78 is 2.15. The summed E-state index contributed by atoms with van der Waals surface area (Å²) in [7, 11) is 0. The van der Waals surface area contributed by atoms with E-state index in [4.69, 9.17) is 0 Å². The van der Waals surface area contributed by atoms with E-state index >= 15 is 0 Å².